The number of benzene rings is 2. The van der Waals surface area contributed by atoms with E-state index in [-0.39, 0.29) is 11.9 Å². The van der Waals surface area contributed by atoms with Crippen LogP contribution >= 0.6 is 11.6 Å². The summed E-state index contributed by atoms with van der Waals surface area (Å²) < 4.78 is 0. The number of amides is 1. The van der Waals surface area contributed by atoms with E-state index in [1.54, 1.807) is 24.5 Å². The predicted octanol–water partition coefficient (Wildman–Crippen LogP) is 4.84. The molecule has 1 aromatic heterocycles. The van der Waals surface area contributed by atoms with Gasteiger partial charge in [0.25, 0.3) is 5.91 Å². The number of carbonyl (C=O) groups is 1. The maximum atomic E-state index is 12.4. The Hall–Kier alpha value is -2.85. The van der Waals surface area contributed by atoms with Crippen molar-refractivity contribution in [2.45, 2.75) is 19.5 Å². The molecule has 1 atom stereocenters. The van der Waals surface area contributed by atoms with Crippen molar-refractivity contribution in [2.75, 3.05) is 5.32 Å². The number of halogens is 1. The molecule has 4 nitrogen and oxygen atoms in total. The van der Waals surface area contributed by atoms with Crippen molar-refractivity contribution in [1.82, 2.24) is 10.3 Å². The largest absolute Gasteiger partial charge is 0.377 e. The highest BCUT2D eigenvalue weighted by atomic mass is 35.5. The molecule has 0 fully saturated rings. The zero-order chi connectivity index (χ0) is 18.4. The van der Waals surface area contributed by atoms with Gasteiger partial charge in [-0.2, -0.15) is 0 Å². The third kappa shape index (κ3) is 4.83. The van der Waals surface area contributed by atoms with Crippen LogP contribution in [-0.4, -0.2) is 10.9 Å². The monoisotopic (exact) mass is 365 g/mol. The molecule has 26 heavy (non-hydrogen) atoms. The van der Waals surface area contributed by atoms with E-state index >= 15 is 0 Å². The number of nitrogens with one attached hydrogen (secondary N) is 2. The van der Waals surface area contributed by atoms with E-state index in [0.29, 0.717) is 17.1 Å². The van der Waals surface area contributed by atoms with Crippen LogP contribution in [0.2, 0.25) is 5.02 Å². The molecule has 0 bridgehead atoms. The molecule has 3 rings (SSSR count). The molecular formula is C21H20ClN3O. The van der Waals surface area contributed by atoms with Gasteiger partial charge in [0.05, 0.1) is 11.3 Å². The number of aromatic nitrogens is 1. The zero-order valence-electron chi connectivity index (χ0n) is 14.4. The van der Waals surface area contributed by atoms with Gasteiger partial charge in [-0.1, -0.05) is 54.1 Å². The van der Waals surface area contributed by atoms with Crippen LogP contribution in [0, 0.1) is 0 Å². The van der Waals surface area contributed by atoms with E-state index in [2.05, 4.69) is 34.7 Å². The Balaban J connectivity index is 1.62. The van der Waals surface area contributed by atoms with Crippen molar-refractivity contribution in [3.63, 3.8) is 0 Å². The summed E-state index contributed by atoms with van der Waals surface area (Å²) in [5.74, 6) is -0.163. The first-order valence-corrected chi connectivity index (χ1v) is 8.79. The Morgan fingerprint density at radius 1 is 1.08 bits per heavy atom. The maximum absolute atomic E-state index is 12.4. The van der Waals surface area contributed by atoms with Crippen LogP contribution in [0.5, 0.6) is 0 Å². The van der Waals surface area contributed by atoms with E-state index in [1.807, 2.05) is 36.4 Å². The molecule has 1 unspecified atom stereocenters. The molecule has 132 valence electrons. The average Bonchev–Trinajstić information content (AvgIpc) is 2.68. The van der Waals surface area contributed by atoms with Crippen LogP contribution in [0.15, 0.2) is 73.1 Å². The fourth-order valence-corrected chi connectivity index (χ4v) is 2.73. The minimum Gasteiger partial charge on any atom is -0.377 e. The number of pyridine rings is 1. The van der Waals surface area contributed by atoms with Crippen molar-refractivity contribution in [3.05, 3.63) is 94.8 Å². The first-order chi connectivity index (χ1) is 12.6. The average molecular weight is 366 g/mol. The maximum Gasteiger partial charge on any atom is 0.253 e. The van der Waals surface area contributed by atoms with Crippen LogP contribution in [0.4, 0.5) is 5.69 Å². The van der Waals surface area contributed by atoms with Gasteiger partial charge in [0.1, 0.15) is 0 Å². The lowest BCUT2D eigenvalue weighted by molar-refractivity contribution is 0.0950. The van der Waals surface area contributed by atoms with Crippen LogP contribution in [-0.2, 0) is 6.54 Å². The van der Waals surface area contributed by atoms with Gasteiger partial charge in [0, 0.05) is 30.0 Å². The molecule has 0 aliphatic rings. The van der Waals surface area contributed by atoms with Crippen molar-refractivity contribution in [2.24, 2.45) is 0 Å². The molecule has 2 aromatic carbocycles. The number of hydrogen-bond donors (Lipinski definition) is 2. The number of rotatable bonds is 6. The first kappa shape index (κ1) is 18.0. The molecular weight excluding hydrogens is 346 g/mol. The lowest BCUT2D eigenvalue weighted by Crippen LogP contribution is -2.23. The minimum atomic E-state index is -0.163. The van der Waals surface area contributed by atoms with E-state index in [9.17, 15) is 4.79 Å². The fourth-order valence-electron chi connectivity index (χ4n) is 2.60. The SMILES string of the molecule is CC(Nc1cncc(C(=O)NCc2ccc(Cl)cc2)c1)c1ccccc1. The van der Waals surface area contributed by atoms with Crippen molar-refractivity contribution in [1.29, 1.82) is 0 Å². The molecule has 0 aliphatic heterocycles. The van der Waals surface area contributed by atoms with Gasteiger partial charge < -0.3 is 10.6 Å². The predicted molar refractivity (Wildman–Crippen MR) is 105 cm³/mol. The van der Waals surface area contributed by atoms with Crippen LogP contribution in [0.3, 0.4) is 0 Å². The standard InChI is InChI=1S/C21H20ClN3O/c1-15(17-5-3-2-4-6-17)25-20-11-18(13-23-14-20)21(26)24-12-16-7-9-19(22)10-8-16/h2-11,13-15,25H,12H2,1H3,(H,24,26). The van der Waals surface area contributed by atoms with Gasteiger partial charge in [0.2, 0.25) is 0 Å². The van der Waals surface area contributed by atoms with Gasteiger partial charge in [-0.3, -0.25) is 9.78 Å². The lowest BCUT2D eigenvalue weighted by atomic mass is 10.1. The summed E-state index contributed by atoms with van der Waals surface area (Å²) >= 11 is 5.87. The summed E-state index contributed by atoms with van der Waals surface area (Å²) in [5.41, 5.74) is 3.48. The summed E-state index contributed by atoms with van der Waals surface area (Å²) in [4.78, 5) is 16.6. The highest BCUT2D eigenvalue weighted by molar-refractivity contribution is 6.30. The number of nitrogens with zero attached hydrogens (tertiary/aromatic N) is 1. The topological polar surface area (TPSA) is 54.0 Å². The summed E-state index contributed by atoms with van der Waals surface area (Å²) in [7, 11) is 0. The van der Waals surface area contributed by atoms with Gasteiger partial charge in [0.15, 0.2) is 0 Å². The molecule has 1 heterocycles. The molecule has 3 aromatic rings. The highest BCUT2D eigenvalue weighted by Gasteiger charge is 2.09. The van der Waals surface area contributed by atoms with Gasteiger partial charge in [-0.05, 0) is 36.2 Å². The molecule has 0 radical (unpaired) electrons. The summed E-state index contributed by atoms with van der Waals surface area (Å²) in [6.07, 6.45) is 3.28. The van der Waals surface area contributed by atoms with E-state index in [4.69, 9.17) is 11.6 Å². The molecule has 0 saturated heterocycles. The van der Waals surface area contributed by atoms with E-state index < -0.39 is 0 Å². The second-order valence-electron chi connectivity index (χ2n) is 6.05. The van der Waals surface area contributed by atoms with Gasteiger partial charge in [-0.25, -0.2) is 0 Å². The third-order valence-electron chi connectivity index (χ3n) is 4.05. The molecule has 1 amide bonds. The lowest BCUT2D eigenvalue weighted by Gasteiger charge is -2.16. The van der Waals surface area contributed by atoms with E-state index in [0.717, 1.165) is 11.3 Å². The Bertz CT molecular complexity index is 866. The summed E-state index contributed by atoms with van der Waals surface area (Å²) in [5, 5.41) is 6.95. The second kappa shape index (κ2) is 8.50. The van der Waals surface area contributed by atoms with Crippen LogP contribution in [0.1, 0.15) is 34.5 Å². The van der Waals surface area contributed by atoms with Crippen LogP contribution in [0.25, 0.3) is 0 Å². The Kier molecular flexibility index (Phi) is 5.87. The van der Waals surface area contributed by atoms with Gasteiger partial charge >= 0.3 is 0 Å². The normalized spacial score (nSPS) is 11.6. The zero-order valence-corrected chi connectivity index (χ0v) is 15.2. The molecule has 0 saturated carbocycles. The molecule has 2 N–H and O–H groups in total. The minimum absolute atomic E-state index is 0.116. The van der Waals surface area contributed by atoms with Crippen LogP contribution < -0.4 is 10.6 Å². The Morgan fingerprint density at radius 3 is 2.54 bits per heavy atom. The molecule has 5 heteroatoms. The summed E-state index contributed by atoms with van der Waals surface area (Å²) in [6.45, 7) is 2.51. The number of anilines is 1. The quantitative estimate of drug-likeness (QED) is 0.657. The third-order valence-corrected chi connectivity index (χ3v) is 4.30. The Morgan fingerprint density at radius 2 is 1.81 bits per heavy atom. The Labute approximate surface area is 158 Å². The van der Waals surface area contributed by atoms with Crippen molar-refractivity contribution < 1.29 is 4.79 Å². The van der Waals surface area contributed by atoms with Gasteiger partial charge in [-0.15, -0.1) is 0 Å². The summed E-state index contributed by atoms with van der Waals surface area (Å²) in [6, 6.07) is 19.4. The van der Waals surface area contributed by atoms with Crippen molar-refractivity contribution in [3.8, 4) is 0 Å². The highest BCUT2D eigenvalue weighted by Crippen LogP contribution is 2.19. The molecule has 0 aliphatic carbocycles. The first-order valence-electron chi connectivity index (χ1n) is 8.41. The number of carbonyl (C=O) groups excluding carboxylic acids is 1. The molecule has 0 spiro atoms. The fraction of sp³-hybridized carbons (Fsp3) is 0.143. The van der Waals surface area contributed by atoms with Crippen molar-refractivity contribution >= 4 is 23.2 Å². The van der Waals surface area contributed by atoms with E-state index in [1.165, 1.54) is 5.56 Å². The smallest absolute Gasteiger partial charge is 0.253 e. The second-order valence-corrected chi connectivity index (χ2v) is 6.48. The number of hydrogen-bond acceptors (Lipinski definition) is 3.